The van der Waals surface area contributed by atoms with Crippen LogP contribution in [0.3, 0.4) is 0 Å². The van der Waals surface area contributed by atoms with Gasteiger partial charge < -0.3 is 10.4 Å². The molecule has 2 atom stereocenters. The van der Waals surface area contributed by atoms with Crippen LogP contribution in [0.4, 0.5) is 0 Å². The molecule has 0 radical (unpaired) electrons. The molecule has 0 aliphatic heterocycles. The Morgan fingerprint density at radius 3 is 2.62 bits per heavy atom. The van der Waals surface area contributed by atoms with E-state index in [-0.39, 0.29) is 11.4 Å². The van der Waals surface area contributed by atoms with E-state index in [1.165, 1.54) is 6.42 Å². The fourth-order valence-electron chi connectivity index (χ4n) is 5.33. The lowest BCUT2D eigenvalue weighted by Crippen LogP contribution is -2.65. The van der Waals surface area contributed by atoms with Crippen molar-refractivity contribution < 1.29 is 9.90 Å². The molecule has 4 fully saturated rings. The lowest BCUT2D eigenvalue weighted by atomic mass is 9.51. The minimum atomic E-state index is -0.544. The number of nitrogens with one attached hydrogen (secondary N) is 1. The highest BCUT2D eigenvalue weighted by Crippen LogP contribution is 2.57. The zero-order valence-electron chi connectivity index (χ0n) is 12.4. The van der Waals surface area contributed by atoms with Gasteiger partial charge in [-0.1, -0.05) is 6.07 Å². The van der Waals surface area contributed by atoms with Crippen molar-refractivity contribution in [2.45, 2.75) is 56.6 Å². The van der Waals surface area contributed by atoms with E-state index in [1.807, 2.05) is 19.1 Å². The minimum Gasteiger partial charge on any atom is -0.390 e. The summed E-state index contributed by atoms with van der Waals surface area (Å²) in [5, 5.41) is 14.0. The van der Waals surface area contributed by atoms with E-state index in [4.69, 9.17) is 0 Å². The maximum Gasteiger partial charge on any atom is 0.270 e. The molecule has 1 amide bonds. The molecule has 0 saturated heterocycles. The number of pyridine rings is 1. The highest BCUT2D eigenvalue weighted by molar-refractivity contribution is 5.92. The number of aliphatic hydroxyl groups is 1. The summed E-state index contributed by atoms with van der Waals surface area (Å²) < 4.78 is 0. The fourth-order valence-corrected chi connectivity index (χ4v) is 5.33. The monoisotopic (exact) mass is 286 g/mol. The summed E-state index contributed by atoms with van der Waals surface area (Å²) in [5.41, 5.74) is 0.586. The second-order valence-corrected chi connectivity index (χ2v) is 7.58. The Kier molecular flexibility index (Phi) is 2.71. The van der Waals surface area contributed by atoms with Crippen LogP contribution in [0.5, 0.6) is 0 Å². The molecule has 21 heavy (non-hydrogen) atoms. The molecular formula is C17H22N2O2. The van der Waals surface area contributed by atoms with Gasteiger partial charge in [0.1, 0.15) is 5.69 Å². The molecule has 4 aliphatic carbocycles. The summed E-state index contributed by atoms with van der Waals surface area (Å²) >= 11 is 0. The number of carbonyl (C=O) groups excluding carboxylic acids is 1. The van der Waals surface area contributed by atoms with E-state index >= 15 is 0 Å². The lowest BCUT2D eigenvalue weighted by molar-refractivity contribution is -0.139. The quantitative estimate of drug-likeness (QED) is 0.876. The van der Waals surface area contributed by atoms with E-state index in [1.54, 1.807) is 6.07 Å². The predicted molar refractivity (Wildman–Crippen MR) is 78.8 cm³/mol. The Bertz CT molecular complexity index is 584. The number of hydrogen-bond acceptors (Lipinski definition) is 3. The summed E-state index contributed by atoms with van der Waals surface area (Å²) in [5.74, 6) is 1.05. The Morgan fingerprint density at radius 2 is 2.00 bits per heavy atom. The molecule has 1 heterocycles. The Morgan fingerprint density at radius 1 is 1.29 bits per heavy atom. The average Bonchev–Trinajstić information content (AvgIpc) is 2.34. The van der Waals surface area contributed by atoms with Gasteiger partial charge in [0.2, 0.25) is 0 Å². The molecule has 4 saturated carbocycles. The van der Waals surface area contributed by atoms with E-state index in [9.17, 15) is 9.90 Å². The van der Waals surface area contributed by atoms with Gasteiger partial charge in [-0.05, 0) is 69.4 Å². The van der Waals surface area contributed by atoms with Crippen LogP contribution in [0.2, 0.25) is 0 Å². The zero-order valence-corrected chi connectivity index (χ0v) is 12.4. The summed E-state index contributed by atoms with van der Waals surface area (Å²) in [6.45, 7) is 1.89. The van der Waals surface area contributed by atoms with Gasteiger partial charge in [-0.2, -0.15) is 0 Å². The SMILES string of the molecule is Cc1cccc(C(=O)NC23CC4CC(CC(O)(C4)C2)C3)n1. The van der Waals surface area contributed by atoms with Crippen molar-refractivity contribution in [2.24, 2.45) is 11.8 Å². The third kappa shape index (κ3) is 2.26. The zero-order chi connectivity index (χ0) is 14.7. The third-order valence-electron chi connectivity index (χ3n) is 5.53. The van der Waals surface area contributed by atoms with Crippen molar-refractivity contribution in [3.8, 4) is 0 Å². The Hall–Kier alpha value is -1.42. The van der Waals surface area contributed by atoms with Crippen LogP contribution < -0.4 is 5.32 Å². The number of rotatable bonds is 2. The molecule has 4 bridgehead atoms. The summed E-state index contributed by atoms with van der Waals surface area (Å²) in [6, 6.07) is 5.52. The number of aryl methyl sites for hydroxylation is 1. The lowest BCUT2D eigenvalue weighted by Gasteiger charge is -2.60. The van der Waals surface area contributed by atoms with Crippen molar-refractivity contribution in [3.63, 3.8) is 0 Å². The van der Waals surface area contributed by atoms with Crippen LogP contribution in [0.25, 0.3) is 0 Å². The molecule has 0 spiro atoms. The molecule has 5 rings (SSSR count). The molecule has 2 N–H and O–H groups in total. The van der Waals surface area contributed by atoms with Crippen molar-refractivity contribution in [3.05, 3.63) is 29.6 Å². The number of nitrogens with zero attached hydrogens (tertiary/aromatic N) is 1. The number of hydrogen-bond donors (Lipinski definition) is 2. The summed E-state index contributed by atoms with van der Waals surface area (Å²) in [4.78, 5) is 16.8. The smallest absolute Gasteiger partial charge is 0.270 e. The molecule has 1 aromatic heterocycles. The summed E-state index contributed by atoms with van der Waals surface area (Å²) in [7, 11) is 0. The van der Waals surface area contributed by atoms with Crippen LogP contribution in [-0.4, -0.2) is 27.1 Å². The van der Waals surface area contributed by atoms with Gasteiger partial charge in [0.25, 0.3) is 5.91 Å². The third-order valence-corrected chi connectivity index (χ3v) is 5.53. The highest BCUT2D eigenvalue weighted by atomic mass is 16.3. The normalized spacial score (nSPS) is 40.3. The van der Waals surface area contributed by atoms with Crippen LogP contribution in [-0.2, 0) is 0 Å². The first-order chi connectivity index (χ1) is 9.95. The van der Waals surface area contributed by atoms with Crippen LogP contribution in [0.1, 0.15) is 54.7 Å². The van der Waals surface area contributed by atoms with Crippen molar-refractivity contribution in [2.75, 3.05) is 0 Å². The van der Waals surface area contributed by atoms with Gasteiger partial charge in [0.05, 0.1) is 5.60 Å². The first-order valence-corrected chi connectivity index (χ1v) is 7.94. The second kappa shape index (κ2) is 4.29. The molecule has 0 aromatic carbocycles. The van der Waals surface area contributed by atoms with Gasteiger partial charge in [0.15, 0.2) is 0 Å². The largest absolute Gasteiger partial charge is 0.390 e. The fraction of sp³-hybridized carbons (Fsp3) is 0.647. The van der Waals surface area contributed by atoms with Gasteiger partial charge in [0, 0.05) is 11.2 Å². The first-order valence-electron chi connectivity index (χ1n) is 7.94. The molecule has 4 aliphatic rings. The van der Waals surface area contributed by atoms with Gasteiger partial charge in [-0.3, -0.25) is 4.79 Å². The maximum absolute atomic E-state index is 12.5. The minimum absolute atomic E-state index is 0.0933. The van der Waals surface area contributed by atoms with Crippen molar-refractivity contribution >= 4 is 5.91 Å². The number of amides is 1. The molecule has 2 unspecified atom stereocenters. The molecule has 4 heteroatoms. The van der Waals surface area contributed by atoms with E-state index in [0.717, 1.165) is 31.4 Å². The average molecular weight is 286 g/mol. The number of aromatic nitrogens is 1. The molecule has 4 nitrogen and oxygen atoms in total. The maximum atomic E-state index is 12.5. The second-order valence-electron chi connectivity index (χ2n) is 7.58. The van der Waals surface area contributed by atoms with Crippen LogP contribution in [0, 0.1) is 18.8 Å². The molecule has 1 aromatic rings. The topological polar surface area (TPSA) is 62.2 Å². The first kappa shape index (κ1) is 13.3. The van der Waals surface area contributed by atoms with E-state index in [2.05, 4.69) is 10.3 Å². The van der Waals surface area contributed by atoms with Crippen LogP contribution >= 0.6 is 0 Å². The Balaban J connectivity index is 1.58. The number of carbonyl (C=O) groups is 1. The van der Waals surface area contributed by atoms with E-state index < -0.39 is 5.60 Å². The predicted octanol–water partition coefficient (Wildman–Crippen LogP) is 2.20. The Labute approximate surface area is 125 Å². The highest BCUT2D eigenvalue weighted by Gasteiger charge is 2.57. The standard InChI is InChI=1S/C17H22N2O2/c1-11-3-2-4-14(18-11)15(20)19-16-6-12-5-13(7-16)9-17(21,8-12)10-16/h2-4,12-13,21H,5-10H2,1H3,(H,19,20). The van der Waals surface area contributed by atoms with Crippen molar-refractivity contribution in [1.82, 2.24) is 10.3 Å². The van der Waals surface area contributed by atoms with Gasteiger partial charge in [-0.15, -0.1) is 0 Å². The molecular weight excluding hydrogens is 264 g/mol. The van der Waals surface area contributed by atoms with Crippen LogP contribution in [0.15, 0.2) is 18.2 Å². The molecule has 112 valence electrons. The van der Waals surface area contributed by atoms with Gasteiger partial charge >= 0.3 is 0 Å². The van der Waals surface area contributed by atoms with Crippen molar-refractivity contribution in [1.29, 1.82) is 0 Å². The summed E-state index contributed by atoms with van der Waals surface area (Å²) in [6.07, 6.45) is 5.81. The van der Waals surface area contributed by atoms with E-state index in [0.29, 0.717) is 24.0 Å². The van der Waals surface area contributed by atoms with Gasteiger partial charge in [-0.25, -0.2) is 4.98 Å².